The third-order valence-corrected chi connectivity index (χ3v) is 3.08. The van der Waals surface area contributed by atoms with E-state index in [-0.39, 0.29) is 24.2 Å². The summed E-state index contributed by atoms with van der Waals surface area (Å²) in [6.45, 7) is 5.53. The van der Waals surface area contributed by atoms with Crippen LogP contribution in [0.3, 0.4) is 0 Å². The van der Waals surface area contributed by atoms with Gasteiger partial charge in [-0.2, -0.15) is 0 Å². The number of Topliss-reactive ketones (excluding diaryl/α,β-unsaturated/α-hetero) is 1. The smallest absolute Gasteiger partial charge is 0.246 e. The second-order valence-electron chi connectivity index (χ2n) is 5.24. The lowest BCUT2D eigenvalue weighted by Gasteiger charge is -2.19. The van der Waals surface area contributed by atoms with Crippen molar-refractivity contribution >= 4 is 11.7 Å². The maximum Gasteiger partial charge on any atom is 0.246 e. The molecule has 21 heavy (non-hydrogen) atoms. The van der Waals surface area contributed by atoms with Crippen LogP contribution in [0, 0.1) is 5.92 Å². The van der Waals surface area contributed by atoms with Crippen LogP contribution in [0.1, 0.15) is 26.3 Å². The van der Waals surface area contributed by atoms with Gasteiger partial charge in [0.2, 0.25) is 5.91 Å². The molecule has 5 heteroatoms. The van der Waals surface area contributed by atoms with Crippen molar-refractivity contribution in [2.75, 3.05) is 13.7 Å². The Kier molecular flexibility index (Phi) is 6.88. The highest BCUT2D eigenvalue weighted by Crippen LogP contribution is 2.11. The fourth-order valence-corrected chi connectivity index (χ4v) is 1.94. The Morgan fingerprint density at radius 3 is 2.29 bits per heavy atom. The van der Waals surface area contributed by atoms with Gasteiger partial charge in [-0.05, 0) is 30.5 Å². The van der Waals surface area contributed by atoms with Crippen molar-refractivity contribution in [1.82, 2.24) is 5.32 Å². The van der Waals surface area contributed by atoms with Gasteiger partial charge in [-0.25, -0.2) is 0 Å². The number of methoxy groups -OCH3 is 1. The van der Waals surface area contributed by atoms with E-state index in [0.717, 1.165) is 11.3 Å². The summed E-state index contributed by atoms with van der Waals surface area (Å²) in [5, 5.41) is 2.69. The second-order valence-corrected chi connectivity index (χ2v) is 5.24. The van der Waals surface area contributed by atoms with Crippen LogP contribution in [0.15, 0.2) is 24.3 Å². The number of nitrogens with one attached hydrogen (secondary N) is 1. The van der Waals surface area contributed by atoms with Crippen molar-refractivity contribution in [3.63, 3.8) is 0 Å². The van der Waals surface area contributed by atoms with Crippen LogP contribution in [0.5, 0.6) is 5.75 Å². The lowest BCUT2D eigenvalue weighted by Crippen LogP contribution is -2.44. The minimum absolute atomic E-state index is 0.0477. The minimum atomic E-state index is -0.456. The predicted molar refractivity (Wildman–Crippen MR) is 80.1 cm³/mol. The Morgan fingerprint density at radius 1 is 1.19 bits per heavy atom. The third kappa shape index (κ3) is 5.95. The van der Waals surface area contributed by atoms with Gasteiger partial charge in [-0.1, -0.05) is 26.0 Å². The highest BCUT2D eigenvalue weighted by Gasteiger charge is 2.20. The van der Waals surface area contributed by atoms with Gasteiger partial charge in [-0.3, -0.25) is 9.59 Å². The van der Waals surface area contributed by atoms with Gasteiger partial charge in [-0.15, -0.1) is 0 Å². The second kappa shape index (κ2) is 8.42. The molecule has 0 bridgehead atoms. The molecule has 0 aromatic heterocycles. The van der Waals surface area contributed by atoms with Gasteiger partial charge >= 0.3 is 0 Å². The molecule has 0 aliphatic carbocycles. The van der Waals surface area contributed by atoms with Crippen molar-refractivity contribution in [3.05, 3.63) is 29.8 Å². The van der Waals surface area contributed by atoms with E-state index < -0.39 is 6.04 Å². The van der Waals surface area contributed by atoms with E-state index in [4.69, 9.17) is 9.47 Å². The van der Waals surface area contributed by atoms with Crippen molar-refractivity contribution in [2.45, 2.75) is 33.4 Å². The van der Waals surface area contributed by atoms with E-state index in [2.05, 4.69) is 5.32 Å². The first-order valence-electron chi connectivity index (χ1n) is 6.94. The van der Waals surface area contributed by atoms with E-state index in [1.807, 2.05) is 38.1 Å². The highest BCUT2D eigenvalue weighted by atomic mass is 16.5. The Bertz CT molecular complexity index is 468. The number of rotatable bonds is 8. The molecule has 1 aromatic carbocycles. The molecule has 0 saturated heterocycles. The monoisotopic (exact) mass is 293 g/mol. The molecule has 0 heterocycles. The quantitative estimate of drug-likeness (QED) is 0.795. The molecule has 0 aliphatic rings. The third-order valence-electron chi connectivity index (χ3n) is 3.08. The first-order chi connectivity index (χ1) is 9.93. The normalized spacial score (nSPS) is 12.0. The Balaban J connectivity index is 2.37. The molecule has 1 amide bonds. The van der Waals surface area contributed by atoms with Gasteiger partial charge in [0.1, 0.15) is 12.4 Å². The van der Waals surface area contributed by atoms with Crippen LogP contribution >= 0.6 is 0 Å². The van der Waals surface area contributed by atoms with Gasteiger partial charge in [0.25, 0.3) is 0 Å². The molecule has 5 nitrogen and oxygen atoms in total. The molecule has 1 aromatic rings. The van der Waals surface area contributed by atoms with Gasteiger partial charge < -0.3 is 14.8 Å². The SMILES string of the molecule is COc1ccc(COCC(=O)NC(C(C)=O)C(C)C)cc1. The number of ether oxygens (including phenoxy) is 2. The van der Waals surface area contributed by atoms with Crippen LogP contribution in [0.2, 0.25) is 0 Å². The highest BCUT2D eigenvalue weighted by molar-refractivity contribution is 5.88. The van der Waals surface area contributed by atoms with Crippen LogP contribution in [0.4, 0.5) is 0 Å². The molecule has 0 radical (unpaired) electrons. The van der Waals surface area contributed by atoms with Crippen LogP contribution < -0.4 is 10.1 Å². The Morgan fingerprint density at radius 2 is 1.81 bits per heavy atom. The van der Waals surface area contributed by atoms with Crippen LogP contribution in [-0.2, 0) is 20.9 Å². The summed E-state index contributed by atoms with van der Waals surface area (Å²) in [6.07, 6.45) is 0. The van der Waals surface area contributed by atoms with Crippen LogP contribution in [0.25, 0.3) is 0 Å². The lowest BCUT2D eigenvalue weighted by atomic mass is 10.0. The largest absolute Gasteiger partial charge is 0.497 e. The van der Waals surface area contributed by atoms with Crippen molar-refractivity contribution in [2.24, 2.45) is 5.92 Å². The first kappa shape index (κ1) is 17.2. The van der Waals surface area contributed by atoms with E-state index in [0.29, 0.717) is 6.61 Å². The van der Waals surface area contributed by atoms with Crippen molar-refractivity contribution in [3.8, 4) is 5.75 Å². The molecule has 0 spiro atoms. The fraction of sp³-hybridized carbons (Fsp3) is 0.500. The summed E-state index contributed by atoms with van der Waals surface area (Å²) in [5.41, 5.74) is 0.954. The summed E-state index contributed by atoms with van der Waals surface area (Å²) in [6, 6.07) is 6.97. The van der Waals surface area contributed by atoms with E-state index in [9.17, 15) is 9.59 Å². The molecule has 0 fully saturated rings. The fourth-order valence-electron chi connectivity index (χ4n) is 1.94. The van der Waals surface area contributed by atoms with E-state index in [1.54, 1.807) is 7.11 Å². The minimum Gasteiger partial charge on any atom is -0.497 e. The standard InChI is InChI=1S/C16H23NO4/c1-11(2)16(12(3)18)17-15(19)10-21-9-13-5-7-14(20-4)8-6-13/h5-8,11,16H,9-10H2,1-4H3,(H,17,19). The maximum atomic E-state index is 11.7. The summed E-state index contributed by atoms with van der Waals surface area (Å²) >= 11 is 0. The molecule has 116 valence electrons. The van der Waals surface area contributed by atoms with Crippen molar-refractivity contribution in [1.29, 1.82) is 0 Å². The zero-order chi connectivity index (χ0) is 15.8. The van der Waals surface area contributed by atoms with E-state index in [1.165, 1.54) is 6.92 Å². The lowest BCUT2D eigenvalue weighted by molar-refractivity contribution is -0.131. The zero-order valence-corrected chi connectivity index (χ0v) is 13.0. The number of hydrogen-bond donors (Lipinski definition) is 1. The molecule has 1 atom stereocenters. The number of carbonyl (C=O) groups is 2. The molecule has 1 unspecified atom stereocenters. The number of hydrogen-bond acceptors (Lipinski definition) is 4. The topological polar surface area (TPSA) is 64.6 Å². The molecule has 1 rings (SSSR count). The first-order valence-corrected chi connectivity index (χ1v) is 6.94. The summed E-state index contributed by atoms with van der Waals surface area (Å²) in [4.78, 5) is 23.2. The molecular formula is C16H23NO4. The number of ketones is 1. The van der Waals surface area contributed by atoms with E-state index >= 15 is 0 Å². The molecular weight excluding hydrogens is 270 g/mol. The molecule has 0 saturated carbocycles. The number of amides is 1. The van der Waals surface area contributed by atoms with Gasteiger partial charge in [0, 0.05) is 0 Å². The number of benzene rings is 1. The Labute approximate surface area is 125 Å². The van der Waals surface area contributed by atoms with Crippen LogP contribution in [-0.4, -0.2) is 31.4 Å². The maximum absolute atomic E-state index is 11.7. The molecule has 0 aliphatic heterocycles. The van der Waals surface area contributed by atoms with Gasteiger partial charge in [0.05, 0.1) is 19.8 Å². The number of carbonyl (C=O) groups excluding carboxylic acids is 2. The average Bonchev–Trinajstić information content (AvgIpc) is 2.45. The average molecular weight is 293 g/mol. The summed E-state index contributed by atoms with van der Waals surface area (Å²) in [7, 11) is 1.61. The van der Waals surface area contributed by atoms with Crippen molar-refractivity contribution < 1.29 is 19.1 Å². The Hall–Kier alpha value is -1.88. The van der Waals surface area contributed by atoms with Gasteiger partial charge in [0.15, 0.2) is 5.78 Å². The summed E-state index contributed by atoms with van der Waals surface area (Å²) in [5.74, 6) is 0.511. The predicted octanol–water partition coefficient (Wildman–Crippen LogP) is 1.94. The zero-order valence-electron chi connectivity index (χ0n) is 13.0. The molecule has 1 N–H and O–H groups in total. The summed E-state index contributed by atoms with van der Waals surface area (Å²) < 4.78 is 10.4.